The van der Waals surface area contributed by atoms with Crippen LogP contribution >= 0.6 is 38.9 Å². The monoisotopic (exact) mass is 328 g/mol. The SMILES string of the molecule is Cc1ccc(C(=O)c2cc(Br)c(Cl)s2)cc1C. The van der Waals surface area contributed by atoms with E-state index in [4.69, 9.17) is 11.6 Å². The van der Waals surface area contributed by atoms with E-state index in [0.717, 1.165) is 10.0 Å². The zero-order valence-electron chi connectivity index (χ0n) is 9.38. The average Bonchev–Trinajstić information content (AvgIpc) is 2.62. The predicted molar refractivity (Wildman–Crippen MR) is 76.4 cm³/mol. The first-order chi connectivity index (χ1) is 7.99. The average molecular weight is 330 g/mol. The zero-order valence-corrected chi connectivity index (χ0v) is 12.5. The largest absolute Gasteiger partial charge is 0.288 e. The van der Waals surface area contributed by atoms with Crippen LogP contribution in [0.15, 0.2) is 28.7 Å². The third-order valence-electron chi connectivity index (χ3n) is 2.64. The summed E-state index contributed by atoms with van der Waals surface area (Å²) in [4.78, 5) is 12.9. The van der Waals surface area contributed by atoms with Crippen molar-refractivity contribution < 1.29 is 4.79 Å². The molecule has 4 heteroatoms. The Morgan fingerprint density at radius 2 is 1.94 bits per heavy atom. The molecule has 1 aromatic heterocycles. The van der Waals surface area contributed by atoms with E-state index in [1.807, 2.05) is 32.0 Å². The molecule has 0 bridgehead atoms. The van der Waals surface area contributed by atoms with Crippen molar-refractivity contribution in [3.05, 3.63) is 54.6 Å². The van der Waals surface area contributed by atoms with Crippen LogP contribution in [0.25, 0.3) is 0 Å². The second-order valence-corrected chi connectivity index (χ2v) is 6.37. The van der Waals surface area contributed by atoms with Gasteiger partial charge in [0, 0.05) is 10.0 Å². The third-order valence-corrected chi connectivity index (χ3v) is 5.11. The van der Waals surface area contributed by atoms with Crippen molar-refractivity contribution in [1.82, 2.24) is 0 Å². The maximum atomic E-state index is 12.2. The highest BCUT2D eigenvalue weighted by Gasteiger charge is 2.14. The van der Waals surface area contributed by atoms with Gasteiger partial charge in [-0.2, -0.15) is 0 Å². The lowest BCUT2D eigenvalue weighted by Crippen LogP contribution is -1.99. The van der Waals surface area contributed by atoms with Gasteiger partial charge in [0.05, 0.1) is 4.88 Å². The number of carbonyl (C=O) groups is 1. The maximum absolute atomic E-state index is 12.2. The lowest BCUT2D eigenvalue weighted by Gasteiger charge is -2.02. The van der Waals surface area contributed by atoms with Crippen molar-refractivity contribution in [3.63, 3.8) is 0 Å². The molecule has 0 N–H and O–H groups in total. The normalized spacial score (nSPS) is 10.6. The van der Waals surface area contributed by atoms with Crippen LogP contribution in [-0.4, -0.2) is 5.78 Å². The second-order valence-electron chi connectivity index (χ2n) is 3.86. The van der Waals surface area contributed by atoms with Crippen LogP contribution in [0.2, 0.25) is 4.34 Å². The molecule has 2 rings (SSSR count). The van der Waals surface area contributed by atoms with E-state index in [1.54, 1.807) is 6.07 Å². The molecule has 1 aromatic carbocycles. The van der Waals surface area contributed by atoms with Gasteiger partial charge in [0.25, 0.3) is 0 Å². The Bertz CT molecular complexity index is 570. The Kier molecular flexibility index (Phi) is 3.71. The van der Waals surface area contributed by atoms with Crippen LogP contribution in [0, 0.1) is 13.8 Å². The summed E-state index contributed by atoms with van der Waals surface area (Å²) in [7, 11) is 0. The molecule has 0 radical (unpaired) electrons. The van der Waals surface area contributed by atoms with E-state index in [1.165, 1.54) is 16.9 Å². The van der Waals surface area contributed by atoms with Crippen molar-refractivity contribution in [2.24, 2.45) is 0 Å². The topological polar surface area (TPSA) is 17.1 Å². The van der Waals surface area contributed by atoms with E-state index < -0.39 is 0 Å². The Morgan fingerprint density at radius 3 is 2.47 bits per heavy atom. The molecule has 0 saturated heterocycles. The van der Waals surface area contributed by atoms with E-state index in [9.17, 15) is 4.79 Å². The molecular formula is C13H10BrClOS. The van der Waals surface area contributed by atoms with Gasteiger partial charge in [-0.15, -0.1) is 11.3 Å². The third kappa shape index (κ3) is 2.62. The summed E-state index contributed by atoms with van der Waals surface area (Å²) in [6, 6.07) is 7.50. The lowest BCUT2D eigenvalue weighted by molar-refractivity contribution is 0.104. The van der Waals surface area contributed by atoms with Gasteiger partial charge in [0.1, 0.15) is 4.34 Å². The number of hydrogen-bond acceptors (Lipinski definition) is 2. The van der Waals surface area contributed by atoms with Crippen molar-refractivity contribution >= 4 is 44.7 Å². The van der Waals surface area contributed by atoms with Gasteiger partial charge >= 0.3 is 0 Å². The molecule has 1 heterocycles. The minimum absolute atomic E-state index is 0.0192. The first-order valence-corrected chi connectivity index (χ1v) is 7.04. The highest BCUT2D eigenvalue weighted by atomic mass is 79.9. The van der Waals surface area contributed by atoms with Crippen LogP contribution in [0.3, 0.4) is 0 Å². The molecule has 0 spiro atoms. The molecule has 0 atom stereocenters. The van der Waals surface area contributed by atoms with Gasteiger partial charge < -0.3 is 0 Å². The number of ketones is 1. The molecule has 88 valence electrons. The molecule has 0 unspecified atom stereocenters. The van der Waals surface area contributed by atoms with E-state index in [2.05, 4.69) is 15.9 Å². The summed E-state index contributed by atoms with van der Waals surface area (Å²) in [5, 5.41) is 0. The summed E-state index contributed by atoms with van der Waals surface area (Å²) in [6.07, 6.45) is 0. The summed E-state index contributed by atoms with van der Waals surface area (Å²) < 4.78 is 1.38. The highest BCUT2D eigenvalue weighted by Crippen LogP contribution is 2.33. The van der Waals surface area contributed by atoms with E-state index >= 15 is 0 Å². The molecule has 0 saturated carbocycles. The Labute approximate surface area is 118 Å². The molecule has 2 aromatic rings. The fourth-order valence-corrected chi connectivity index (χ4v) is 3.15. The molecule has 0 amide bonds. The smallest absolute Gasteiger partial charge is 0.203 e. The molecule has 17 heavy (non-hydrogen) atoms. The molecule has 0 aliphatic rings. The summed E-state index contributed by atoms with van der Waals surface area (Å²) in [5.41, 5.74) is 3.02. The molecule has 0 fully saturated rings. The fourth-order valence-electron chi connectivity index (χ4n) is 1.48. The van der Waals surface area contributed by atoms with Crippen molar-refractivity contribution in [3.8, 4) is 0 Å². The predicted octanol–water partition coefficient (Wildman–Crippen LogP) is 5.01. The number of aryl methyl sites for hydroxylation is 2. The first kappa shape index (κ1) is 12.8. The summed E-state index contributed by atoms with van der Waals surface area (Å²) in [6.45, 7) is 4.03. The Balaban J connectivity index is 2.40. The van der Waals surface area contributed by atoms with Crippen molar-refractivity contribution in [2.75, 3.05) is 0 Å². The number of hydrogen-bond donors (Lipinski definition) is 0. The second kappa shape index (κ2) is 4.92. The van der Waals surface area contributed by atoms with Crippen LogP contribution in [0.1, 0.15) is 26.4 Å². The minimum Gasteiger partial charge on any atom is -0.288 e. The minimum atomic E-state index is 0.0192. The number of halogens is 2. The maximum Gasteiger partial charge on any atom is 0.203 e. The first-order valence-electron chi connectivity index (χ1n) is 5.06. The van der Waals surface area contributed by atoms with Crippen LogP contribution < -0.4 is 0 Å². The zero-order chi connectivity index (χ0) is 12.6. The molecule has 0 aliphatic carbocycles. The van der Waals surface area contributed by atoms with Gasteiger partial charge in [-0.05, 0) is 53.0 Å². The molecule has 0 aliphatic heterocycles. The van der Waals surface area contributed by atoms with Gasteiger partial charge in [-0.1, -0.05) is 23.7 Å². The quantitative estimate of drug-likeness (QED) is 0.708. The lowest BCUT2D eigenvalue weighted by atomic mass is 10.0. The van der Waals surface area contributed by atoms with E-state index in [-0.39, 0.29) is 5.78 Å². The summed E-state index contributed by atoms with van der Waals surface area (Å²) >= 11 is 10.5. The Hall–Kier alpha value is -0.640. The van der Waals surface area contributed by atoms with Crippen LogP contribution in [0.5, 0.6) is 0 Å². The fraction of sp³-hybridized carbons (Fsp3) is 0.154. The Morgan fingerprint density at radius 1 is 1.24 bits per heavy atom. The van der Waals surface area contributed by atoms with Gasteiger partial charge in [-0.25, -0.2) is 0 Å². The summed E-state index contributed by atoms with van der Waals surface area (Å²) in [5.74, 6) is 0.0192. The van der Waals surface area contributed by atoms with Gasteiger partial charge in [-0.3, -0.25) is 4.79 Å². The number of benzene rings is 1. The van der Waals surface area contributed by atoms with Crippen LogP contribution in [-0.2, 0) is 0 Å². The van der Waals surface area contributed by atoms with Crippen LogP contribution in [0.4, 0.5) is 0 Å². The highest BCUT2D eigenvalue weighted by molar-refractivity contribution is 9.10. The molecular weight excluding hydrogens is 320 g/mol. The number of carbonyl (C=O) groups excluding carboxylic acids is 1. The standard InChI is InChI=1S/C13H10BrClOS/c1-7-3-4-9(5-8(7)2)12(16)11-6-10(14)13(15)17-11/h3-6H,1-2H3. The number of thiophene rings is 1. The number of rotatable bonds is 2. The van der Waals surface area contributed by atoms with Crippen molar-refractivity contribution in [2.45, 2.75) is 13.8 Å². The van der Waals surface area contributed by atoms with E-state index in [0.29, 0.717) is 14.8 Å². The van der Waals surface area contributed by atoms with Gasteiger partial charge in [0.2, 0.25) is 5.78 Å². The van der Waals surface area contributed by atoms with Crippen molar-refractivity contribution in [1.29, 1.82) is 0 Å². The van der Waals surface area contributed by atoms with Gasteiger partial charge in [0.15, 0.2) is 0 Å². The molecule has 1 nitrogen and oxygen atoms in total.